The first-order chi connectivity index (χ1) is 22.5. The molecule has 2 saturated heterocycles. The lowest BCUT2D eigenvalue weighted by atomic mass is 9.93. The third kappa shape index (κ3) is 9.04. The summed E-state index contributed by atoms with van der Waals surface area (Å²) < 4.78 is 6.82. The number of benzene rings is 1. The molecule has 4 rings (SSSR count). The topological polar surface area (TPSA) is 148 Å². The van der Waals surface area contributed by atoms with Crippen molar-refractivity contribution in [2.24, 2.45) is 5.92 Å². The molecule has 2 aliphatic rings. The maximum absolute atomic E-state index is 14.1. The Balaban J connectivity index is 1.63. The summed E-state index contributed by atoms with van der Waals surface area (Å²) in [4.78, 5) is 74.9. The smallest absolute Gasteiger partial charge is 0.306 e. The molecule has 1 aromatic carbocycles. The molecule has 0 bridgehead atoms. The van der Waals surface area contributed by atoms with Crippen molar-refractivity contribution in [1.82, 2.24) is 25.6 Å². The zero-order valence-electron chi connectivity index (χ0n) is 28.4. The number of nitrogens with one attached hydrogen (secondary N) is 3. The van der Waals surface area contributed by atoms with Gasteiger partial charge in [0.2, 0.25) is 23.6 Å². The summed E-state index contributed by atoms with van der Waals surface area (Å²) in [5.41, 5.74) is 1.60. The van der Waals surface area contributed by atoms with E-state index in [2.05, 4.69) is 16.0 Å². The Morgan fingerprint density at radius 1 is 0.936 bits per heavy atom. The predicted molar refractivity (Wildman–Crippen MR) is 177 cm³/mol. The second-order valence-electron chi connectivity index (χ2n) is 13.1. The van der Waals surface area contributed by atoms with Gasteiger partial charge < -0.3 is 30.4 Å². The van der Waals surface area contributed by atoms with Gasteiger partial charge in [0, 0.05) is 31.0 Å². The molecule has 0 spiro atoms. The minimum Gasteiger partial charge on any atom is -0.463 e. The van der Waals surface area contributed by atoms with Crippen molar-refractivity contribution < 1.29 is 33.5 Å². The number of aromatic nitrogens is 1. The lowest BCUT2D eigenvalue weighted by Gasteiger charge is -2.39. The maximum atomic E-state index is 14.1. The molecule has 0 saturated carbocycles. The normalized spacial score (nSPS) is 23.2. The molecule has 1 unspecified atom stereocenters. The number of hydrogen-bond donors (Lipinski definition) is 3. The van der Waals surface area contributed by atoms with Crippen LogP contribution < -0.4 is 20.8 Å². The summed E-state index contributed by atoms with van der Waals surface area (Å²) >= 11 is 0. The Labute approximate surface area is 277 Å². The second kappa shape index (κ2) is 16.6. The fourth-order valence-electron chi connectivity index (χ4n) is 6.47. The first-order valence-corrected chi connectivity index (χ1v) is 17.1. The van der Waals surface area contributed by atoms with Gasteiger partial charge in [-0.2, -0.15) is 4.73 Å². The monoisotopic (exact) mass is 653 g/mol. The van der Waals surface area contributed by atoms with E-state index in [1.54, 1.807) is 36.8 Å². The number of carbonyl (C=O) groups is 5. The third-order valence-electron chi connectivity index (χ3n) is 9.25. The second-order valence-corrected chi connectivity index (χ2v) is 13.1. The van der Waals surface area contributed by atoms with Crippen LogP contribution in [0.1, 0.15) is 91.0 Å². The number of ether oxygens (including phenoxy) is 1. The Morgan fingerprint density at radius 3 is 2.38 bits per heavy atom. The minimum absolute atomic E-state index is 0.140. The summed E-state index contributed by atoms with van der Waals surface area (Å²) in [5, 5.41) is 9.72. The van der Waals surface area contributed by atoms with Crippen LogP contribution in [0.2, 0.25) is 0 Å². The molecule has 2 aliphatic heterocycles. The number of nitrogens with zero attached hydrogens (tertiary/aromatic N) is 2. The highest BCUT2D eigenvalue weighted by Gasteiger charge is 2.41. The highest BCUT2D eigenvalue weighted by molar-refractivity contribution is 5.98. The largest absolute Gasteiger partial charge is 0.463 e. The molecule has 0 radical (unpaired) electrons. The quantitative estimate of drug-likeness (QED) is 0.236. The van der Waals surface area contributed by atoms with Crippen LogP contribution in [0, 0.1) is 5.92 Å². The molecule has 2 aromatic rings. The molecule has 258 valence electrons. The summed E-state index contributed by atoms with van der Waals surface area (Å²) in [6, 6.07) is 4.09. The van der Waals surface area contributed by atoms with Crippen LogP contribution in [-0.4, -0.2) is 83.2 Å². The fourth-order valence-corrected chi connectivity index (χ4v) is 6.47. The number of esters is 1. The molecule has 0 aliphatic carbocycles. The number of hydrogen-bond acceptors (Lipinski definition) is 7. The lowest BCUT2D eigenvalue weighted by molar-refractivity contribution is -0.148. The Bertz CT molecular complexity index is 1420. The van der Waals surface area contributed by atoms with E-state index in [1.807, 2.05) is 38.1 Å². The van der Waals surface area contributed by atoms with Gasteiger partial charge in [0.25, 0.3) is 0 Å². The lowest BCUT2D eigenvalue weighted by Crippen LogP contribution is -2.64. The van der Waals surface area contributed by atoms with E-state index in [9.17, 15) is 24.0 Å². The van der Waals surface area contributed by atoms with Crippen LogP contribution in [0.15, 0.2) is 30.5 Å². The first-order valence-electron chi connectivity index (χ1n) is 17.1. The van der Waals surface area contributed by atoms with E-state index in [0.717, 1.165) is 29.3 Å². The van der Waals surface area contributed by atoms with Crippen molar-refractivity contribution in [3.8, 4) is 0 Å². The molecule has 12 heteroatoms. The molecule has 47 heavy (non-hydrogen) atoms. The number of para-hydroxylation sites is 1. The van der Waals surface area contributed by atoms with E-state index >= 15 is 0 Å². The SMILES string of the molecule is CCC(C)[C@@H]1NC(=O)[C@H](Cc2cn(OC)c3ccccc23)NC(=O)[C@H](CCCCCC(=O)OC(C)C)NC(=O)[C@H]2CCCCN2C1=O. The van der Waals surface area contributed by atoms with Crippen molar-refractivity contribution in [3.63, 3.8) is 0 Å². The molecule has 5 atom stereocenters. The highest BCUT2D eigenvalue weighted by atomic mass is 16.6. The number of rotatable bonds is 12. The van der Waals surface area contributed by atoms with Gasteiger partial charge >= 0.3 is 5.97 Å². The predicted octanol–water partition coefficient (Wildman–Crippen LogP) is 3.04. The third-order valence-corrected chi connectivity index (χ3v) is 9.25. The zero-order chi connectivity index (χ0) is 34.1. The molecule has 4 amide bonds. The standard InChI is InChI=1S/C35H51N5O7/c1-6-23(4)31-35(45)39-19-13-12-17-29(39)34(44)36-26(15-8-7-9-18-30(41)47-22(2)3)32(42)37-27(33(43)38-31)20-24-21-40(46-5)28-16-11-10-14-25(24)28/h10-11,14,16,21-23,26-27,29,31H,6-9,12-13,15,17-20H2,1-5H3,(H,36,44)(H,37,42)(H,38,43)/t23?,26-,27-,29+,31-/m0/s1. The van der Waals surface area contributed by atoms with Crippen molar-refractivity contribution in [2.45, 2.75) is 122 Å². The van der Waals surface area contributed by atoms with E-state index in [0.29, 0.717) is 45.1 Å². The molecule has 12 nitrogen and oxygen atoms in total. The van der Waals surface area contributed by atoms with Crippen LogP contribution in [0.25, 0.3) is 10.9 Å². The van der Waals surface area contributed by atoms with Crippen molar-refractivity contribution in [3.05, 3.63) is 36.0 Å². The Kier molecular flexibility index (Phi) is 12.7. The van der Waals surface area contributed by atoms with E-state index in [-0.39, 0.29) is 42.6 Å². The molecule has 1 aromatic heterocycles. The number of carbonyl (C=O) groups excluding carboxylic acids is 5. The minimum atomic E-state index is -1.03. The van der Waals surface area contributed by atoms with Crippen LogP contribution >= 0.6 is 0 Å². The maximum Gasteiger partial charge on any atom is 0.306 e. The van der Waals surface area contributed by atoms with Gasteiger partial charge in [0.15, 0.2) is 0 Å². The van der Waals surface area contributed by atoms with Crippen LogP contribution in [0.4, 0.5) is 0 Å². The fraction of sp³-hybridized carbons (Fsp3) is 0.629. The van der Waals surface area contributed by atoms with Crippen molar-refractivity contribution >= 4 is 40.5 Å². The number of fused-ring (bicyclic) bond motifs is 2. The van der Waals surface area contributed by atoms with Crippen LogP contribution in [0.3, 0.4) is 0 Å². The van der Waals surface area contributed by atoms with Gasteiger partial charge in [-0.05, 0) is 63.5 Å². The van der Waals surface area contributed by atoms with E-state index in [4.69, 9.17) is 9.57 Å². The summed E-state index contributed by atoms with van der Waals surface area (Å²) in [6.07, 6.45) is 6.79. The van der Waals surface area contributed by atoms with Crippen LogP contribution in [0.5, 0.6) is 0 Å². The summed E-state index contributed by atoms with van der Waals surface area (Å²) in [6.45, 7) is 7.88. The first kappa shape index (κ1) is 35.8. The van der Waals surface area contributed by atoms with Gasteiger partial charge in [-0.1, -0.05) is 51.3 Å². The number of piperidine rings is 1. The average Bonchev–Trinajstić information content (AvgIpc) is 3.41. The summed E-state index contributed by atoms with van der Waals surface area (Å²) in [7, 11) is 1.55. The summed E-state index contributed by atoms with van der Waals surface area (Å²) in [5.74, 6) is -2.04. The van der Waals surface area contributed by atoms with Gasteiger partial charge in [-0.15, -0.1) is 0 Å². The van der Waals surface area contributed by atoms with Gasteiger partial charge in [-0.3, -0.25) is 24.0 Å². The molecular weight excluding hydrogens is 602 g/mol. The van der Waals surface area contributed by atoms with Gasteiger partial charge in [0.05, 0.1) is 11.6 Å². The van der Waals surface area contributed by atoms with Gasteiger partial charge in [-0.25, -0.2) is 0 Å². The van der Waals surface area contributed by atoms with E-state index in [1.165, 1.54) is 0 Å². The molecule has 2 fully saturated rings. The van der Waals surface area contributed by atoms with Crippen molar-refractivity contribution in [1.29, 1.82) is 0 Å². The number of unbranched alkanes of at least 4 members (excludes halogenated alkanes) is 2. The zero-order valence-corrected chi connectivity index (χ0v) is 28.4. The van der Waals surface area contributed by atoms with Crippen LogP contribution in [-0.2, 0) is 35.1 Å². The molecule has 3 heterocycles. The Hall–Kier alpha value is -4.09. The van der Waals surface area contributed by atoms with Crippen molar-refractivity contribution in [2.75, 3.05) is 13.7 Å². The van der Waals surface area contributed by atoms with E-state index < -0.39 is 36.0 Å². The Morgan fingerprint density at radius 2 is 1.66 bits per heavy atom. The molecular formula is C35H51N5O7. The van der Waals surface area contributed by atoms with Gasteiger partial charge in [0.1, 0.15) is 31.3 Å². The highest BCUT2D eigenvalue weighted by Crippen LogP contribution is 2.24. The molecule has 3 N–H and O–H groups in total. The number of amides is 4. The average molecular weight is 654 g/mol.